The van der Waals surface area contributed by atoms with Gasteiger partial charge in [0.1, 0.15) is 11.6 Å². The van der Waals surface area contributed by atoms with Gasteiger partial charge in [-0.25, -0.2) is 4.79 Å². The topological polar surface area (TPSA) is 96.7 Å². The van der Waals surface area contributed by atoms with Crippen molar-refractivity contribution in [2.45, 2.75) is 26.7 Å². The number of fused-ring (bicyclic) bond motifs is 1. The van der Waals surface area contributed by atoms with Gasteiger partial charge >= 0.3 is 5.76 Å². The fourth-order valence-corrected chi connectivity index (χ4v) is 2.73. The van der Waals surface area contributed by atoms with Gasteiger partial charge in [0.05, 0.1) is 11.2 Å². The summed E-state index contributed by atoms with van der Waals surface area (Å²) in [4.78, 5) is 11.6. The molecule has 0 saturated heterocycles. The van der Waals surface area contributed by atoms with Crippen LogP contribution in [0.5, 0.6) is 0 Å². The number of anilines is 2. The Bertz CT molecular complexity index is 1010. The van der Waals surface area contributed by atoms with Crippen LogP contribution in [0.1, 0.15) is 30.7 Å². The summed E-state index contributed by atoms with van der Waals surface area (Å²) in [5, 5.41) is 21.0. The second-order valence-electron chi connectivity index (χ2n) is 5.40. The van der Waals surface area contributed by atoms with Crippen molar-refractivity contribution in [2.75, 3.05) is 5.32 Å². The summed E-state index contributed by atoms with van der Waals surface area (Å²) in [6.45, 7) is 3.98. The van der Waals surface area contributed by atoms with E-state index >= 15 is 0 Å². The molecular weight excluding hydrogens is 306 g/mol. The highest BCUT2D eigenvalue weighted by molar-refractivity contribution is 5.79. The Morgan fingerprint density at radius 1 is 1.29 bits per heavy atom. The molecule has 0 aliphatic heterocycles. The lowest BCUT2D eigenvalue weighted by Gasteiger charge is -2.12. The summed E-state index contributed by atoms with van der Waals surface area (Å²) in [6, 6.07) is 7.51. The number of oxazole rings is 1. The molecule has 0 amide bonds. The largest absolute Gasteiger partial charge is 0.419 e. The minimum Gasteiger partial charge on any atom is -0.408 e. The molecule has 24 heavy (non-hydrogen) atoms. The highest BCUT2D eigenvalue weighted by Gasteiger charge is 2.15. The molecule has 0 aliphatic rings. The number of aromatic nitrogens is 3. The van der Waals surface area contributed by atoms with E-state index in [-0.39, 0.29) is 0 Å². The number of nitriles is 1. The Morgan fingerprint density at radius 2 is 2.08 bits per heavy atom. The molecule has 7 nitrogen and oxygen atoms in total. The van der Waals surface area contributed by atoms with E-state index < -0.39 is 5.76 Å². The van der Waals surface area contributed by atoms with Crippen LogP contribution in [0.3, 0.4) is 0 Å². The van der Waals surface area contributed by atoms with Gasteiger partial charge < -0.3 is 9.73 Å². The molecule has 0 aliphatic carbocycles. The number of hydrogen-bond acceptors (Lipinski definition) is 6. The Balaban J connectivity index is 2.05. The summed E-state index contributed by atoms with van der Waals surface area (Å²) in [5.74, 6) is -0.00981. The van der Waals surface area contributed by atoms with Crippen LogP contribution in [0.25, 0.3) is 11.1 Å². The highest BCUT2D eigenvalue weighted by atomic mass is 16.4. The third kappa shape index (κ3) is 2.52. The van der Waals surface area contributed by atoms with E-state index in [2.05, 4.69) is 21.6 Å². The standard InChI is InChI=1S/C17H17N5O2/c1-4-11-12(9-18)16(21-20-13(11)5-2)19-10-6-7-14-15(8-10)24-17(23)22(14)3/h6-8H,4-5H2,1-3H3,(H,19,21). The van der Waals surface area contributed by atoms with Gasteiger partial charge in [-0.05, 0) is 30.5 Å². The Kier molecular flexibility index (Phi) is 4.04. The van der Waals surface area contributed by atoms with Crippen LogP contribution in [0, 0.1) is 11.3 Å². The third-order valence-electron chi connectivity index (χ3n) is 4.01. The molecule has 1 N–H and O–H groups in total. The average molecular weight is 323 g/mol. The van der Waals surface area contributed by atoms with Crippen molar-refractivity contribution in [3.05, 3.63) is 45.6 Å². The van der Waals surface area contributed by atoms with Crippen LogP contribution < -0.4 is 11.1 Å². The van der Waals surface area contributed by atoms with Gasteiger partial charge in [0, 0.05) is 18.8 Å². The molecule has 3 rings (SSSR count). The minimum absolute atomic E-state index is 0.407. The summed E-state index contributed by atoms with van der Waals surface area (Å²) < 4.78 is 6.62. The molecule has 0 bridgehead atoms. The SMILES string of the molecule is CCc1nnc(Nc2ccc3c(c2)oc(=O)n3C)c(C#N)c1CC. The van der Waals surface area contributed by atoms with Crippen molar-refractivity contribution in [3.8, 4) is 6.07 Å². The second kappa shape index (κ2) is 6.16. The van der Waals surface area contributed by atoms with Crippen LogP contribution in [0.4, 0.5) is 11.5 Å². The van der Waals surface area contributed by atoms with Gasteiger partial charge in [-0.3, -0.25) is 4.57 Å². The first-order chi connectivity index (χ1) is 11.6. The van der Waals surface area contributed by atoms with E-state index in [9.17, 15) is 10.1 Å². The first kappa shape index (κ1) is 15.7. The lowest BCUT2D eigenvalue weighted by atomic mass is 10.0. The molecule has 0 fully saturated rings. The van der Waals surface area contributed by atoms with Gasteiger partial charge in [0.2, 0.25) is 0 Å². The van der Waals surface area contributed by atoms with Crippen molar-refractivity contribution < 1.29 is 4.42 Å². The molecule has 122 valence electrons. The van der Waals surface area contributed by atoms with Crippen molar-refractivity contribution >= 4 is 22.6 Å². The zero-order valence-corrected chi connectivity index (χ0v) is 13.8. The summed E-state index contributed by atoms with van der Waals surface area (Å²) in [6.07, 6.45) is 1.44. The van der Waals surface area contributed by atoms with Crippen LogP contribution >= 0.6 is 0 Å². The molecule has 0 saturated carbocycles. The quantitative estimate of drug-likeness (QED) is 0.793. The molecule has 7 heteroatoms. The zero-order chi connectivity index (χ0) is 17.3. The van der Waals surface area contributed by atoms with E-state index in [1.807, 2.05) is 13.8 Å². The van der Waals surface area contributed by atoms with E-state index in [1.54, 1.807) is 25.2 Å². The van der Waals surface area contributed by atoms with Crippen LogP contribution in [0.15, 0.2) is 27.4 Å². The lowest BCUT2D eigenvalue weighted by Crippen LogP contribution is -2.08. The van der Waals surface area contributed by atoms with Crippen LogP contribution in [-0.4, -0.2) is 14.8 Å². The first-order valence-electron chi connectivity index (χ1n) is 7.74. The van der Waals surface area contributed by atoms with Gasteiger partial charge in [0.25, 0.3) is 0 Å². The highest BCUT2D eigenvalue weighted by Crippen LogP contribution is 2.25. The maximum Gasteiger partial charge on any atom is 0.419 e. The van der Waals surface area contributed by atoms with Gasteiger partial charge in [-0.2, -0.15) is 10.4 Å². The summed E-state index contributed by atoms with van der Waals surface area (Å²) >= 11 is 0. The molecular formula is C17H17N5O2. The Labute approximate surface area is 138 Å². The minimum atomic E-state index is -0.416. The van der Waals surface area contributed by atoms with E-state index in [1.165, 1.54) is 4.57 Å². The number of hydrogen-bond donors (Lipinski definition) is 1. The van der Waals surface area contributed by atoms with E-state index in [0.717, 1.165) is 17.7 Å². The number of nitrogens with zero attached hydrogens (tertiary/aromatic N) is 4. The fourth-order valence-electron chi connectivity index (χ4n) is 2.73. The zero-order valence-electron chi connectivity index (χ0n) is 13.8. The normalized spacial score (nSPS) is 10.8. The molecule has 0 atom stereocenters. The van der Waals surface area contributed by atoms with Crippen molar-refractivity contribution in [2.24, 2.45) is 7.05 Å². The lowest BCUT2D eigenvalue weighted by molar-refractivity contribution is 0.528. The maximum absolute atomic E-state index is 11.6. The van der Waals surface area contributed by atoms with Crippen LogP contribution in [0.2, 0.25) is 0 Å². The van der Waals surface area contributed by atoms with Crippen LogP contribution in [-0.2, 0) is 19.9 Å². The summed E-state index contributed by atoms with van der Waals surface area (Å²) in [5.41, 5.74) is 4.09. The van der Waals surface area contributed by atoms with Gasteiger partial charge in [0.15, 0.2) is 11.4 Å². The smallest absolute Gasteiger partial charge is 0.408 e. The number of aryl methyl sites for hydroxylation is 2. The molecule has 1 aromatic carbocycles. The molecule has 2 aromatic heterocycles. The number of nitrogens with one attached hydrogen (secondary N) is 1. The Morgan fingerprint density at radius 3 is 2.75 bits per heavy atom. The maximum atomic E-state index is 11.6. The molecule has 0 radical (unpaired) electrons. The molecule has 0 unspecified atom stereocenters. The predicted octanol–water partition coefficient (Wildman–Crippen LogP) is 2.66. The second-order valence-corrected chi connectivity index (χ2v) is 5.40. The van der Waals surface area contributed by atoms with Gasteiger partial charge in [-0.15, -0.1) is 5.10 Å². The number of benzene rings is 1. The predicted molar refractivity (Wildman–Crippen MR) is 90.2 cm³/mol. The Hall–Kier alpha value is -3.14. The fraction of sp³-hybridized carbons (Fsp3) is 0.294. The molecule has 0 spiro atoms. The summed E-state index contributed by atoms with van der Waals surface area (Å²) in [7, 11) is 1.65. The molecule has 2 heterocycles. The number of rotatable bonds is 4. The monoisotopic (exact) mass is 323 g/mol. The van der Waals surface area contributed by atoms with E-state index in [4.69, 9.17) is 4.42 Å². The molecule has 3 aromatic rings. The third-order valence-corrected chi connectivity index (χ3v) is 4.01. The van der Waals surface area contributed by atoms with Crippen molar-refractivity contribution in [1.82, 2.24) is 14.8 Å². The van der Waals surface area contributed by atoms with E-state index in [0.29, 0.717) is 34.6 Å². The van der Waals surface area contributed by atoms with Crippen molar-refractivity contribution in [1.29, 1.82) is 5.26 Å². The van der Waals surface area contributed by atoms with Crippen molar-refractivity contribution in [3.63, 3.8) is 0 Å². The van der Waals surface area contributed by atoms with Gasteiger partial charge in [-0.1, -0.05) is 13.8 Å². The first-order valence-corrected chi connectivity index (χ1v) is 7.74. The average Bonchev–Trinajstić information content (AvgIpc) is 2.88.